The maximum absolute atomic E-state index is 11.7. The van der Waals surface area contributed by atoms with E-state index in [1.54, 1.807) is 33.3 Å². The Morgan fingerprint density at radius 2 is 1.75 bits per heavy atom. The van der Waals surface area contributed by atoms with Gasteiger partial charge in [-0.25, -0.2) is 4.79 Å². The molecule has 2 aromatic carbocycles. The predicted molar refractivity (Wildman–Crippen MR) is 91.5 cm³/mol. The number of ether oxygens (including phenoxy) is 2. The lowest BCUT2D eigenvalue weighted by molar-refractivity contribution is 0.150. The molecule has 0 saturated carbocycles. The fraction of sp³-hybridized carbons (Fsp3) is 0.222. The summed E-state index contributed by atoms with van der Waals surface area (Å²) in [6, 6.07) is 14.9. The summed E-state index contributed by atoms with van der Waals surface area (Å²) >= 11 is 0. The number of rotatable bonds is 6. The Labute approximate surface area is 141 Å². The molecule has 0 heterocycles. The molecule has 6 nitrogen and oxygen atoms in total. The number of amides is 1. The van der Waals surface area contributed by atoms with Crippen molar-refractivity contribution in [1.29, 1.82) is 0 Å². The van der Waals surface area contributed by atoms with Crippen LogP contribution in [-0.2, 0) is 11.4 Å². The van der Waals surface area contributed by atoms with E-state index in [4.69, 9.17) is 14.3 Å². The van der Waals surface area contributed by atoms with Crippen molar-refractivity contribution < 1.29 is 19.1 Å². The third-order valence-corrected chi connectivity index (χ3v) is 3.35. The SMILES string of the molecule is COc1ccc(/C(C)=N/OC(=O)NCc2ccccc2)cc1OC. The van der Waals surface area contributed by atoms with Gasteiger partial charge in [0.15, 0.2) is 11.5 Å². The second kappa shape index (κ2) is 8.57. The molecular formula is C18H20N2O4. The zero-order valence-electron chi connectivity index (χ0n) is 13.9. The third-order valence-electron chi connectivity index (χ3n) is 3.35. The molecule has 1 amide bonds. The Balaban J connectivity index is 1.94. The number of carbonyl (C=O) groups excluding carboxylic acids is 1. The van der Waals surface area contributed by atoms with Gasteiger partial charge in [0.25, 0.3) is 0 Å². The molecule has 0 unspecified atom stereocenters. The number of carbonyl (C=O) groups is 1. The van der Waals surface area contributed by atoms with E-state index in [2.05, 4.69) is 10.5 Å². The minimum absolute atomic E-state index is 0.380. The minimum atomic E-state index is -0.612. The molecule has 126 valence electrons. The maximum atomic E-state index is 11.7. The van der Waals surface area contributed by atoms with Crippen molar-refractivity contribution in [2.75, 3.05) is 14.2 Å². The molecular weight excluding hydrogens is 308 g/mol. The monoisotopic (exact) mass is 328 g/mol. The van der Waals surface area contributed by atoms with Crippen molar-refractivity contribution in [3.05, 3.63) is 59.7 Å². The largest absolute Gasteiger partial charge is 0.493 e. The van der Waals surface area contributed by atoms with Gasteiger partial charge in [-0.3, -0.25) is 4.84 Å². The molecule has 1 N–H and O–H groups in total. The molecule has 0 radical (unpaired) electrons. The molecule has 2 rings (SSSR count). The zero-order chi connectivity index (χ0) is 17.4. The predicted octanol–water partition coefficient (Wildman–Crippen LogP) is 3.35. The van der Waals surface area contributed by atoms with Crippen LogP contribution in [0.4, 0.5) is 4.79 Å². The molecule has 0 atom stereocenters. The second-order valence-corrected chi connectivity index (χ2v) is 4.96. The van der Waals surface area contributed by atoms with Crippen molar-refractivity contribution in [2.24, 2.45) is 5.16 Å². The van der Waals surface area contributed by atoms with Crippen molar-refractivity contribution in [3.63, 3.8) is 0 Å². The van der Waals surface area contributed by atoms with Crippen LogP contribution in [-0.4, -0.2) is 26.0 Å². The van der Waals surface area contributed by atoms with Gasteiger partial charge in [-0.1, -0.05) is 35.5 Å². The molecule has 0 spiro atoms. The highest BCUT2D eigenvalue weighted by atomic mass is 16.7. The molecule has 0 aliphatic carbocycles. The van der Waals surface area contributed by atoms with Gasteiger partial charge in [0.2, 0.25) is 0 Å². The van der Waals surface area contributed by atoms with Crippen molar-refractivity contribution >= 4 is 11.8 Å². The lowest BCUT2D eigenvalue weighted by Crippen LogP contribution is -2.22. The Kier molecular flexibility index (Phi) is 6.19. The van der Waals surface area contributed by atoms with Gasteiger partial charge < -0.3 is 14.8 Å². The van der Waals surface area contributed by atoms with E-state index in [1.165, 1.54) is 0 Å². The molecule has 0 aliphatic rings. The fourth-order valence-electron chi connectivity index (χ4n) is 2.03. The summed E-state index contributed by atoms with van der Waals surface area (Å²) in [6.07, 6.45) is -0.612. The Hall–Kier alpha value is -3.02. The van der Waals surface area contributed by atoms with E-state index in [0.29, 0.717) is 23.8 Å². The minimum Gasteiger partial charge on any atom is -0.493 e. The van der Waals surface area contributed by atoms with Gasteiger partial charge in [-0.15, -0.1) is 0 Å². The van der Waals surface area contributed by atoms with Crippen molar-refractivity contribution in [1.82, 2.24) is 5.32 Å². The van der Waals surface area contributed by atoms with Gasteiger partial charge in [0.05, 0.1) is 19.9 Å². The number of nitrogens with one attached hydrogen (secondary N) is 1. The summed E-state index contributed by atoms with van der Waals surface area (Å²) in [5, 5.41) is 6.48. The van der Waals surface area contributed by atoms with Crippen LogP contribution in [0.3, 0.4) is 0 Å². The highest BCUT2D eigenvalue weighted by Gasteiger charge is 2.08. The van der Waals surface area contributed by atoms with E-state index in [1.807, 2.05) is 36.4 Å². The highest BCUT2D eigenvalue weighted by Crippen LogP contribution is 2.27. The molecule has 2 aromatic rings. The quantitative estimate of drug-likeness (QED) is 0.501. The topological polar surface area (TPSA) is 69.2 Å². The lowest BCUT2D eigenvalue weighted by atomic mass is 10.1. The summed E-state index contributed by atoms with van der Waals surface area (Å²) in [6.45, 7) is 2.12. The molecule has 0 bridgehead atoms. The highest BCUT2D eigenvalue weighted by molar-refractivity contribution is 5.99. The second-order valence-electron chi connectivity index (χ2n) is 4.96. The first-order chi connectivity index (χ1) is 11.6. The van der Waals surface area contributed by atoms with E-state index >= 15 is 0 Å². The number of methoxy groups -OCH3 is 2. The smallest absolute Gasteiger partial charge is 0.433 e. The average Bonchev–Trinajstić information content (AvgIpc) is 2.64. The number of benzene rings is 2. The van der Waals surface area contributed by atoms with Crippen LogP contribution in [0.2, 0.25) is 0 Å². The molecule has 0 aliphatic heterocycles. The van der Waals surface area contributed by atoms with Crippen molar-refractivity contribution in [2.45, 2.75) is 13.5 Å². The first-order valence-electron chi connectivity index (χ1n) is 7.39. The van der Waals surface area contributed by atoms with E-state index in [9.17, 15) is 4.79 Å². The van der Waals surface area contributed by atoms with Crippen LogP contribution in [0.1, 0.15) is 18.1 Å². The standard InChI is InChI=1S/C18H20N2O4/c1-13(15-9-10-16(22-2)17(11-15)23-3)20-24-18(21)19-12-14-7-5-4-6-8-14/h4-11H,12H2,1-3H3,(H,19,21)/b20-13+. The zero-order valence-corrected chi connectivity index (χ0v) is 13.9. The number of hydrogen-bond donors (Lipinski definition) is 1. The number of nitrogens with zero attached hydrogens (tertiary/aromatic N) is 1. The Morgan fingerprint density at radius 3 is 2.42 bits per heavy atom. The lowest BCUT2D eigenvalue weighted by Gasteiger charge is -2.09. The average molecular weight is 328 g/mol. The van der Waals surface area contributed by atoms with E-state index in [-0.39, 0.29) is 0 Å². The molecule has 24 heavy (non-hydrogen) atoms. The van der Waals surface area contributed by atoms with Crippen LogP contribution in [0.15, 0.2) is 53.7 Å². The van der Waals surface area contributed by atoms with Gasteiger partial charge in [-0.05, 0) is 30.7 Å². The first-order valence-corrected chi connectivity index (χ1v) is 7.39. The summed E-state index contributed by atoms with van der Waals surface area (Å²) in [5.41, 5.74) is 2.30. The van der Waals surface area contributed by atoms with Crippen LogP contribution in [0.5, 0.6) is 11.5 Å². The Morgan fingerprint density at radius 1 is 1.04 bits per heavy atom. The van der Waals surface area contributed by atoms with Gasteiger partial charge in [0, 0.05) is 12.1 Å². The molecule has 6 heteroatoms. The number of oxime groups is 1. The normalized spacial score (nSPS) is 10.9. The molecule has 0 fully saturated rings. The van der Waals surface area contributed by atoms with Crippen LogP contribution >= 0.6 is 0 Å². The summed E-state index contributed by atoms with van der Waals surface area (Å²) < 4.78 is 10.4. The summed E-state index contributed by atoms with van der Waals surface area (Å²) in [7, 11) is 3.13. The summed E-state index contributed by atoms with van der Waals surface area (Å²) in [4.78, 5) is 16.6. The fourth-order valence-corrected chi connectivity index (χ4v) is 2.03. The van der Waals surface area contributed by atoms with Crippen LogP contribution in [0.25, 0.3) is 0 Å². The van der Waals surface area contributed by atoms with Crippen LogP contribution in [0, 0.1) is 0 Å². The van der Waals surface area contributed by atoms with Gasteiger partial charge >= 0.3 is 6.09 Å². The van der Waals surface area contributed by atoms with E-state index < -0.39 is 6.09 Å². The maximum Gasteiger partial charge on any atom is 0.433 e. The Bertz CT molecular complexity index is 714. The molecule has 0 saturated heterocycles. The van der Waals surface area contributed by atoms with Gasteiger partial charge in [-0.2, -0.15) is 0 Å². The van der Waals surface area contributed by atoms with Crippen molar-refractivity contribution in [3.8, 4) is 11.5 Å². The summed E-state index contributed by atoms with van der Waals surface area (Å²) in [5.74, 6) is 1.20. The van der Waals surface area contributed by atoms with Crippen LogP contribution < -0.4 is 14.8 Å². The first kappa shape index (κ1) is 17.3. The van der Waals surface area contributed by atoms with Gasteiger partial charge in [0.1, 0.15) is 0 Å². The molecule has 0 aromatic heterocycles. The third kappa shape index (κ3) is 4.74. The van der Waals surface area contributed by atoms with E-state index in [0.717, 1.165) is 11.1 Å². The number of hydrogen-bond acceptors (Lipinski definition) is 5.